The molecular formula is C16H24N2OS. The van der Waals surface area contributed by atoms with Crippen LogP contribution in [0.4, 0.5) is 0 Å². The summed E-state index contributed by atoms with van der Waals surface area (Å²) in [6.45, 7) is 2.81. The summed E-state index contributed by atoms with van der Waals surface area (Å²) in [5.41, 5.74) is 2.35. The minimum atomic E-state index is -0.226. The van der Waals surface area contributed by atoms with Gasteiger partial charge in [0.05, 0.1) is 0 Å². The molecule has 1 N–H and O–H groups in total. The van der Waals surface area contributed by atoms with E-state index >= 15 is 0 Å². The van der Waals surface area contributed by atoms with Gasteiger partial charge in [-0.3, -0.25) is 0 Å². The predicted molar refractivity (Wildman–Crippen MR) is 82.5 cm³/mol. The van der Waals surface area contributed by atoms with Crippen LogP contribution in [0, 0.1) is 4.64 Å². The highest BCUT2D eigenvalue weighted by Crippen LogP contribution is 2.38. The van der Waals surface area contributed by atoms with Gasteiger partial charge in [-0.2, -0.15) is 0 Å². The molecule has 1 aromatic heterocycles. The number of hydrogen-bond donors (Lipinski definition) is 1. The summed E-state index contributed by atoms with van der Waals surface area (Å²) in [7, 11) is 0. The van der Waals surface area contributed by atoms with Crippen molar-refractivity contribution < 1.29 is 4.74 Å². The summed E-state index contributed by atoms with van der Waals surface area (Å²) in [5, 5.41) is 0. The predicted octanol–water partition coefficient (Wildman–Crippen LogP) is 4.21. The van der Waals surface area contributed by atoms with E-state index in [0.29, 0.717) is 0 Å². The topological polar surface area (TPSA) is 37.9 Å². The van der Waals surface area contributed by atoms with E-state index in [1.54, 1.807) is 0 Å². The van der Waals surface area contributed by atoms with Crippen LogP contribution in [0.15, 0.2) is 0 Å². The van der Waals surface area contributed by atoms with Crippen molar-refractivity contribution >= 4 is 12.2 Å². The molecule has 1 fully saturated rings. The fourth-order valence-corrected chi connectivity index (χ4v) is 4.02. The van der Waals surface area contributed by atoms with Crippen molar-refractivity contribution in [3.8, 4) is 0 Å². The molecule has 0 bridgehead atoms. The molecule has 0 aliphatic heterocycles. The maximum Gasteiger partial charge on any atom is 0.140 e. The van der Waals surface area contributed by atoms with Gasteiger partial charge in [0.15, 0.2) is 0 Å². The van der Waals surface area contributed by atoms with Crippen molar-refractivity contribution in [3.63, 3.8) is 0 Å². The fourth-order valence-electron chi connectivity index (χ4n) is 3.70. The summed E-state index contributed by atoms with van der Waals surface area (Å²) in [5.74, 6) is 0.993. The molecule has 1 saturated carbocycles. The van der Waals surface area contributed by atoms with Gasteiger partial charge >= 0.3 is 0 Å². The Kier molecular flexibility index (Phi) is 4.22. The molecule has 0 amide bonds. The third-order valence-corrected chi connectivity index (χ3v) is 5.06. The van der Waals surface area contributed by atoms with Gasteiger partial charge in [0, 0.05) is 17.9 Å². The molecule has 20 heavy (non-hydrogen) atoms. The quantitative estimate of drug-likeness (QED) is 0.670. The van der Waals surface area contributed by atoms with E-state index in [4.69, 9.17) is 21.9 Å². The van der Waals surface area contributed by atoms with Gasteiger partial charge in [-0.1, -0.05) is 37.9 Å². The number of ether oxygens (including phenoxy) is 1. The van der Waals surface area contributed by atoms with Crippen LogP contribution in [0.25, 0.3) is 0 Å². The number of hydrogen-bond acceptors (Lipinski definition) is 3. The highest BCUT2D eigenvalue weighted by Gasteiger charge is 2.36. The van der Waals surface area contributed by atoms with E-state index in [9.17, 15) is 0 Å². The summed E-state index contributed by atoms with van der Waals surface area (Å²) in [6.07, 6.45) is 10.6. The molecule has 1 heterocycles. The molecule has 110 valence electrons. The summed E-state index contributed by atoms with van der Waals surface area (Å²) >= 11 is 5.52. The van der Waals surface area contributed by atoms with Crippen LogP contribution in [0.3, 0.4) is 0 Å². The average molecular weight is 292 g/mol. The van der Waals surface area contributed by atoms with Crippen LogP contribution in [0.2, 0.25) is 0 Å². The zero-order valence-electron chi connectivity index (χ0n) is 12.3. The molecule has 3 rings (SSSR count). The fraction of sp³-hybridized carbons (Fsp3) is 0.750. The molecule has 4 heteroatoms. The zero-order valence-corrected chi connectivity index (χ0v) is 13.2. The Balaban J connectivity index is 2.03. The van der Waals surface area contributed by atoms with Crippen molar-refractivity contribution in [2.75, 3.05) is 6.61 Å². The van der Waals surface area contributed by atoms with Gasteiger partial charge in [0.2, 0.25) is 0 Å². The summed E-state index contributed by atoms with van der Waals surface area (Å²) in [6, 6.07) is 0. The smallest absolute Gasteiger partial charge is 0.140 e. The molecule has 1 aromatic rings. The monoisotopic (exact) mass is 292 g/mol. The lowest BCUT2D eigenvalue weighted by Crippen LogP contribution is -2.32. The number of aryl methyl sites for hydroxylation is 1. The first-order valence-electron chi connectivity index (χ1n) is 8.02. The Morgan fingerprint density at radius 3 is 2.60 bits per heavy atom. The van der Waals surface area contributed by atoms with Gasteiger partial charge in [-0.15, -0.1) is 0 Å². The lowest BCUT2D eigenvalue weighted by Gasteiger charge is -2.32. The van der Waals surface area contributed by atoms with Crippen molar-refractivity contribution in [3.05, 3.63) is 21.7 Å². The van der Waals surface area contributed by atoms with Gasteiger partial charge < -0.3 is 9.72 Å². The number of H-pyrrole nitrogens is 1. The molecule has 0 radical (unpaired) electrons. The molecule has 3 nitrogen and oxygen atoms in total. The van der Waals surface area contributed by atoms with E-state index in [1.807, 2.05) is 0 Å². The number of nitrogens with one attached hydrogen (secondary N) is 1. The molecule has 0 saturated heterocycles. The second-order valence-electron chi connectivity index (χ2n) is 6.04. The maximum atomic E-state index is 6.21. The number of aromatic nitrogens is 2. The number of fused-ring (bicyclic) bond motifs is 1. The van der Waals surface area contributed by atoms with E-state index in [-0.39, 0.29) is 5.60 Å². The number of rotatable bonds is 3. The third kappa shape index (κ3) is 2.56. The Morgan fingerprint density at radius 2 is 1.90 bits per heavy atom. The molecule has 0 atom stereocenters. The highest BCUT2D eigenvalue weighted by atomic mass is 32.1. The van der Waals surface area contributed by atoms with Gasteiger partial charge in [-0.25, -0.2) is 4.98 Å². The van der Waals surface area contributed by atoms with Crippen LogP contribution < -0.4 is 0 Å². The first kappa shape index (κ1) is 14.2. The lowest BCUT2D eigenvalue weighted by atomic mass is 9.92. The molecular weight excluding hydrogens is 268 g/mol. The highest BCUT2D eigenvalue weighted by molar-refractivity contribution is 7.71. The van der Waals surface area contributed by atoms with Crippen LogP contribution in [0.5, 0.6) is 0 Å². The third-order valence-electron chi connectivity index (χ3n) is 4.72. The van der Waals surface area contributed by atoms with Crippen molar-refractivity contribution in [2.24, 2.45) is 0 Å². The van der Waals surface area contributed by atoms with Crippen molar-refractivity contribution in [2.45, 2.75) is 70.3 Å². The van der Waals surface area contributed by atoms with E-state index in [1.165, 1.54) is 43.4 Å². The second-order valence-corrected chi connectivity index (χ2v) is 6.43. The number of nitrogens with zero attached hydrogens (tertiary/aromatic N) is 1. The van der Waals surface area contributed by atoms with Crippen LogP contribution in [-0.2, 0) is 23.2 Å². The maximum absolute atomic E-state index is 6.21. The zero-order chi connectivity index (χ0) is 14.0. The SMILES string of the molecule is CCOC1(c2nc(=S)c3c([nH]2)CCC3)CCCCCC1. The largest absolute Gasteiger partial charge is 0.367 e. The Bertz CT molecular complexity index is 530. The Morgan fingerprint density at radius 1 is 1.15 bits per heavy atom. The first-order valence-corrected chi connectivity index (χ1v) is 8.42. The van der Waals surface area contributed by atoms with Crippen LogP contribution in [0.1, 0.15) is 69.0 Å². The van der Waals surface area contributed by atoms with E-state index in [0.717, 1.165) is 42.8 Å². The van der Waals surface area contributed by atoms with E-state index < -0.39 is 0 Å². The van der Waals surface area contributed by atoms with Crippen LogP contribution >= 0.6 is 12.2 Å². The molecule has 0 aromatic carbocycles. The second kappa shape index (κ2) is 5.94. The van der Waals surface area contributed by atoms with Crippen LogP contribution in [-0.4, -0.2) is 16.6 Å². The van der Waals surface area contributed by atoms with Gasteiger partial charge in [0.25, 0.3) is 0 Å². The summed E-state index contributed by atoms with van der Waals surface area (Å²) in [4.78, 5) is 8.32. The van der Waals surface area contributed by atoms with Crippen molar-refractivity contribution in [1.82, 2.24) is 9.97 Å². The van der Waals surface area contributed by atoms with E-state index in [2.05, 4.69) is 11.9 Å². The standard InChI is InChI=1S/C16H24N2OS/c1-2-19-16(10-5-3-4-6-11-16)15-17-13-9-7-8-12(13)14(20)18-15/h2-11H2,1H3,(H,17,18,20). The Hall–Kier alpha value is -0.740. The first-order chi connectivity index (χ1) is 9.75. The number of aromatic amines is 1. The molecule has 2 aliphatic rings. The summed E-state index contributed by atoms with van der Waals surface area (Å²) < 4.78 is 7.01. The van der Waals surface area contributed by atoms with Crippen molar-refractivity contribution in [1.29, 1.82) is 0 Å². The Labute approximate surface area is 126 Å². The van der Waals surface area contributed by atoms with Gasteiger partial charge in [-0.05, 0) is 39.0 Å². The molecule has 0 unspecified atom stereocenters. The average Bonchev–Trinajstić information content (AvgIpc) is 2.79. The molecule has 0 spiro atoms. The lowest BCUT2D eigenvalue weighted by molar-refractivity contribution is -0.0626. The normalized spacial score (nSPS) is 21.4. The minimum Gasteiger partial charge on any atom is -0.367 e. The molecule has 2 aliphatic carbocycles. The van der Waals surface area contributed by atoms with Gasteiger partial charge in [0.1, 0.15) is 16.1 Å². The minimum absolute atomic E-state index is 0.226.